The molecule has 0 spiro atoms. The van der Waals surface area contributed by atoms with Gasteiger partial charge in [0.25, 0.3) is 0 Å². The van der Waals surface area contributed by atoms with Gasteiger partial charge in [-0.25, -0.2) is 0 Å². The fourth-order valence-electron chi connectivity index (χ4n) is 11.8. The molecule has 2 heterocycles. The molecule has 0 saturated carbocycles. The third kappa shape index (κ3) is 7.42. The summed E-state index contributed by atoms with van der Waals surface area (Å²) in [6.45, 7) is 13.0. The summed E-state index contributed by atoms with van der Waals surface area (Å²) in [4.78, 5) is 4.65. The lowest BCUT2D eigenvalue weighted by Gasteiger charge is -2.25. The minimum absolute atomic E-state index is 0.843. The summed E-state index contributed by atoms with van der Waals surface area (Å²) in [7, 11) is 0. The van der Waals surface area contributed by atoms with Crippen molar-refractivity contribution >= 4 is 110 Å². The molecule has 4 nitrogen and oxygen atoms in total. The highest BCUT2D eigenvalue weighted by atomic mass is 16.3. The maximum absolute atomic E-state index is 7.32. The van der Waals surface area contributed by atoms with Crippen molar-refractivity contribution in [1.29, 1.82) is 0 Å². The molecule has 0 fully saturated rings. The molecule has 0 saturated heterocycles. The lowest BCUT2D eigenvalue weighted by molar-refractivity contribution is 0.672. The van der Waals surface area contributed by atoms with Crippen molar-refractivity contribution in [3.8, 4) is 22.3 Å². The summed E-state index contributed by atoms with van der Waals surface area (Å²) in [5.41, 5.74) is 22.1. The third-order valence-electron chi connectivity index (χ3n) is 16.0. The summed E-state index contributed by atoms with van der Waals surface area (Å²) in [5.74, 6) is 0. The highest BCUT2D eigenvalue weighted by Crippen LogP contribution is 2.52. The molecule has 0 radical (unpaired) electrons. The van der Waals surface area contributed by atoms with Gasteiger partial charge in [-0.1, -0.05) is 133 Å². The largest absolute Gasteiger partial charge is 0.455 e. The number of fused-ring (bicyclic) bond motifs is 8. The van der Waals surface area contributed by atoms with Crippen LogP contribution in [-0.2, 0) is 12.8 Å². The number of aryl methyl sites for hydroxylation is 6. The average Bonchev–Trinajstić information content (AvgIpc) is 4.14. The van der Waals surface area contributed by atoms with E-state index in [0.717, 1.165) is 113 Å². The van der Waals surface area contributed by atoms with E-state index in [1.807, 2.05) is 0 Å². The van der Waals surface area contributed by atoms with Crippen molar-refractivity contribution in [1.82, 2.24) is 0 Å². The first-order valence-corrected chi connectivity index (χ1v) is 26.7. The quantitative estimate of drug-likeness (QED) is 0.128. The molecular formula is C72H56N2O2. The van der Waals surface area contributed by atoms with Crippen LogP contribution in [0.4, 0.5) is 34.1 Å². The number of rotatable bonds is 10. The Kier molecular flexibility index (Phi) is 10.6. The molecule has 2 aromatic heterocycles. The minimum Gasteiger partial charge on any atom is -0.455 e. The van der Waals surface area contributed by atoms with Gasteiger partial charge in [-0.05, 0) is 182 Å². The second-order valence-electron chi connectivity index (χ2n) is 21.0. The number of nitrogens with zero attached hydrogens (tertiary/aromatic N) is 2. The second kappa shape index (κ2) is 17.8. The van der Waals surface area contributed by atoms with E-state index in [2.05, 4.69) is 258 Å². The Balaban J connectivity index is 1.06. The first kappa shape index (κ1) is 45.5. The van der Waals surface area contributed by atoms with Gasteiger partial charge in [0.1, 0.15) is 22.3 Å². The smallest absolute Gasteiger partial charge is 0.143 e. The van der Waals surface area contributed by atoms with Gasteiger partial charge < -0.3 is 18.6 Å². The maximum atomic E-state index is 7.32. The van der Waals surface area contributed by atoms with E-state index in [1.165, 1.54) is 66.1 Å². The molecule has 0 aliphatic carbocycles. The third-order valence-corrected chi connectivity index (χ3v) is 16.0. The van der Waals surface area contributed by atoms with Crippen LogP contribution in [0.3, 0.4) is 0 Å². The Morgan fingerprint density at radius 2 is 0.605 bits per heavy atom. The zero-order valence-electron chi connectivity index (χ0n) is 43.8. The van der Waals surface area contributed by atoms with E-state index >= 15 is 0 Å². The normalized spacial score (nSPS) is 11.9. The molecule has 0 N–H and O–H groups in total. The minimum atomic E-state index is 0.843. The van der Waals surface area contributed by atoms with E-state index < -0.39 is 0 Å². The van der Waals surface area contributed by atoms with Crippen LogP contribution >= 0.6 is 0 Å². The van der Waals surface area contributed by atoms with Crippen LogP contribution in [0.1, 0.15) is 47.2 Å². The fourth-order valence-corrected chi connectivity index (χ4v) is 11.8. The van der Waals surface area contributed by atoms with Crippen molar-refractivity contribution in [2.75, 3.05) is 9.80 Å². The molecule has 14 aromatic rings. The van der Waals surface area contributed by atoms with Crippen LogP contribution in [0.2, 0.25) is 0 Å². The molecular weight excluding hydrogens is 925 g/mol. The monoisotopic (exact) mass is 980 g/mol. The van der Waals surface area contributed by atoms with Crippen molar-refractivity contribution < 1.29 is 8.83 Å². The second-order valence-corrected chi connectivity index (χ2v) is 21.0. The number of hydrogen-bond donors (Lipinski definition) is 0. The van der Waals surface area contributed by atoms with E-state index in [0.29, 0.717) is 0 Å². The summed E-state index contributed by atoms with van der Waals surface area (Å²) < 4.78 is 14.6. The van der Waals surface area contributed by atoms with Crippen molar-refractivity contribution in [3.05, 3.63) is 240 Å². The van der Waals surface area contributed by atoms with Crippen LogP contribution in [0.15, 0.2) is 215 Å². The maximum Gasteiger partial charge on any atom is 0.143 e. The van der Waals surface area contributed by atoms with Crippen LogP contribution in [0, 0.1) is 27.7 Å². The number of hydrogen-bond acceptors (Lipinski definition) is 4. The van der Waals surface area contributed by atoms with E-state index in [4.69, 9.17) is 8.83 Å². The zero-order chi connectivity index (χ0) is 51.3. The Morgan fingerprint density at radius 1 is 0.289 bits per heavy atom. The number of anilines is 6. The lowest BCUT2D eigenvalue weighted by atomic mass is 9.84. The summed E-state index contributed by atoms with van der Waals surface area (Å²) in [6, 6.07) is 76.5. The summed E-state index contributed by atoms with van der Waals surface area (Å²) >= 11 is 0. The Labute approximate surface area is 443 Å². The molecule has 366 valence electrons. The highest BCUT2D eigenvalue weighted by molar-refractivity contribution is 6.38. The number of benzene rings is 12. The van der Waals surface area contributed by atoms with Gasteiger partial charge in [0.05, 0.1) is 0 Å². The molecule has 0 amide bonds. The van der Waals surface area contributed by atoms with Crippen molar-refractivity contribution in [2.24, 2.45) is 0 Å². The van der Waals surface area contributed by atoms with Gasteiger partial charge in [0, 0.05) is 89.3 Å². The van der Waals surface area contributed by atoms with E-state index in [1.54, 1.807) is 0 Å². The molecule has 0 unspecified atom stereocenters. The van der Waals surface area contributed by atoms with Gasteiger partial charge in [0.2, 0.25) is 0 Å². The van der Waals surface area contributed by atoms with Crippen LogP contribution in [0.25, 0.3) is 98.4 Å². The molecule has 12 aromatic carbocycles. The molecule has 76 heavy (non-hydrogen) atoms. The Bertz CT molecular complexity index is 4140. The van der Waals surface area contributed by atoms with Gasteiger partial charge in [-0.3, -0.25) is 0 Å². The molecule has 0 aliphatic heterocycles. The van der Waals surface area contributed by atoms with Gasteiger partial charge in [-0.15, -0.1) is 0 Å². The molecule has 0 atom stereocenters. The highest BCUT2D eigenvalue weighted by Gasteiger charge is 2.26. The Hall–Kier alpha value is -9.12. The molecule has 0 bridgehead atoms. The number of furan rings is 2. The summed E-state index contributed by atoms with van der Waals surface area (Å²) in [6.07, 6.45) is 1.95. The molecule has 4 heteroatoms. The first-order valence-electron chi connectivity index (χ1n) is 26.7. The SMILES string of the molecule is CCc1ccc(-c2cc3c4oc5cc(N(c6ccc(C)cc6)c6ccc(C)cc6)ccc5c4cc4c(-c5ccc(CC)cc5)cc5c6oc7cc(N(c8ccc(C)cc8)c8ccc(C)cc8)ccc7c6cc2c5c43)cc1. The predicted octanol–water partition coefficient (Wildman–Crippen LogP) is 21.0. The van der Waals surface area contributed by atoms with Crippen molar-refractivity contribution in [3.63, 3.8) is 0 Å². The van der Waals surface area contributed by atoms with Gasteiger partial charge in [-0.2, -0.15) is 0 Å². The zero-order valence-corrected chi connectivity index (χ0v) is 43.8. The first-order chi connectivity index (χ1) is 37.2. The fraction of sp³-hybridized carbons (Fsp3) is 0.111. The lowest BCUT2D eigenvalue weighted by Crippen LogP contribution is -2.09. The van der Waals surface area contributed by atoms with Crippen LogP contribution in [-0.4, -0.2) is 0 Å². The Morgan fingerprint density at radius 3 is 0.921 bits per heavy atom. The van der Waals surface area contributed by atoms with Crippen LogP contribution in [0.5, 0.6) is 0 Å². The topological polar surface area (TPSA) is 32.8 Å². The molecule has 0 aliphatic rings. The van der Waals surface area contributed by atoms with E-state index in [9.17, 15) is 0 Å². The predicted molar refractivity (Wildman–Crippen MR) is 323 cm³/mol. The van der Waals surface area contributed by atoms with Crippen molar-refractivity contribution in [2.45, 2.75) is 54.4 Å². The standard InChI is InChI=1S/C72H56N2O2/c1-7-47-17-21-49(22-18-47)59-39-65-70-62(42-64-58-36-34-56(38-68(58)75-71(64)65)74(53-29-13-45(5)14-30-53)54-31-15-46(6)16-32-54)60(50-23-19-48(8-2)20-24-50)40-66-69(70)61(59)41-63-57-35-33-55(37-67(57)76-72(63)66)73(51-25-9-43(3)10-26-51)52-27-11-44(4)12-28-52/h9-42H,7-8H2,1-6H3. The average molecular weight is 981 g/mol. The summed E-state index contributed by atoms with van der Waals surface area (Å²) in [5, 5.41) is 11.3. The van der Waals surface area contributed by atoms with Crippen LogP contribution < -0.4 is 9.80 Å². The molecule has 14 rings (SSSR count). The van der Waals surface area contributed by atoms with E-state index in [-0.39, 0.29) is 0 Å². The van der Waals surface area contributed by atoms with Gasteiger partial charge >= 0.3 is 0 Å². The van der Waals surface area contributed by atoms with Gasteiger partial charge in [0.15, 0.2) is 0 Å².